The summed E-state index contributed by atoms with van der Waals surface area (Å²) in [4.78, 5) is 29.2. The van der Waals surface area contributed by atoms with Gasteiger partial charge in [0.15, 0.2) is 11.5 Å². The number of aryl methyl sites for hydroxylation is 1. The van der Waals surface area contributed by atoms with Gasteiger partial charge in [0, 0.05) is 13.0 Å². The minimum absolute atomic E-state index is 0.0369. The van der Waals surface area contributed by atoms with E-state index in [0.29, 0.717) is 22.4 Å². The van der Waals surface area contributed by atoms with Gasteiger partial charge >= 0.3 is 0 Å². The molecule has 0 saturated carbocycles. The van der Waals surface area contributed by atoms with Gasteiger partial charge in [-0.15, -0.1) is 0 Å². The summed E-state index contributed by atoms with van der Waals surface area (Å²) in [6.07, 6.45) is 1.70. The Labute approximate surface area is 175 Å². The van der Waals surface area contributed by atoms with Crippen LogP contribution in [0.25, 0.3) is 10.9 Å². The van der Waals surface area contributed by atoms with E-state index in [4.69, 9.17) is 9.47 Å². The summed E-state index contributed by atoms with van der Waals surface area (Å²) in [5.74, 6) is 1.14. The van der Waals surface area contributed by atoms with Crippen LogP contribution in [0.5, 0.6) is 11.5 Å². The van der Waals surface area contributed by atoms with Gasteiger partial charge in [-0.05, 0) is 50.6 Å². The number of benzene rings is 2. The molecule has 0 spiro atoms. The molecule has 3 aromatic rings. The van der Waals surface area contributed by atoms with E-state index in [1.54, 1.807) is 25.3 Å². The molecule has 0 saturated heterocycles. The Kier molecular flexibility index (Phi) is 6.72. The number of aromatic nitrogens is 2. The molecule has 0 bridgehead atoms. The number of carbonyl (C=O) groups is 1. The number of ether oxygens (including phenoxy) is 2. The van der Waals surface area contributed by atoms with Crippen molar-refractivity contribution in [3.8, 4) is 11.5 Å². The molecule has 158 valence electrons. The third-order valence-corrected chi connectivity index (χ3v) is 4.74. The molecule has 0 aliphatic heterocycles. The van der Waals surface area contributed by atoms with E-state index in [1.165, 1.54) is 10.9 Å². The van der Waals surface area contributed by atoms with E-state index < -0.39 is 0 Å². The molecule has 0 aliphatic carbocycles. The zero-order chi connectivity index (χ0) is 21.7. The maximum absolute atomic E-state index is 12.5. The molecule has 7 heteroatoms. The first kappa shape index (κ1) is 21.4. The fraction of sp³-hybridized carbons (Fsp3) is 0.348. The van der Waals surface area contributed by atoms with E-state index in [0.717, 1.165) is 5.56 Å². The molecule has 7 nitrogen and oxygen atoms in total. The lowest BCUT2D eigenvalue weighted by molar-refractivity contribution is -0.121. The van der Waals surface area contributed by atoms with Crippen molar-refractivity contribution in [2.24, 2.45) is 0 Å². The predicted octanol–water partition coefficient (Wildman–Crippen LogP) is 3.46. The number of hydrogen-bond donors (Lipinski definition) is 1. The Morgan fingerprint density at radius 3 is 2.63 bits per heavy atom. The average molecular weight is 409 g/mol. The zero-order valence-electron chi connectivity index (χ0n) is 17.7. The second-order valence-corrected chi connectivity index (χ2v) is 7.38. The Bertz CT molecular complexity index is 1090. The van der Waals surface area contributed by atoms with Crippen LogP contribution in [0.15, 0.2) is 53.6 Å². The van der Waals surface area contributed by atoms with Crippen molar-refractivity contribution >= 4 is 16.8 Å². The van der Waals surface area contributed by atoms with Crippen LogP contribution in [0.2, 0.25) is 0 Å². The number of fused-ring (bicyclic) bond motifs is 1. The molecule has 1 N–H and O–H groups in total. The summed E-state index contributed by atoms with van der Waals surface area (Å²) in [5.41, 5.74) is 1.41. The maximum atomic E-state index is 12.5. The molecule has 0 fully saturated rings. The van der Waals surface area contributed by atoms with Gasteiger partial charge in [-0.25, -0.2) is 4.98 Å². The first-order chi connectivity index (χ1) is 14.4. The first-order valence-electron chi connectivity index (χ1n) is 9.97. The van der Waals surface area contributed by atoms with Gasteiger partial charge in [0.25, 0.3) is 5.56 Å². The van der Waals surface area contributed by atoms with Crippen molar-refractivity contribution in [2.45, 2.75) is 45.9 Å². The van der Waals surface area contributed by atoms with Crippen LogP contribution in [-0.2, 0) is 11.3 Å². The molecule has 3 rings (SSSR count). The van der Waals surface area contributed by atoms with Crippen molar-refractivity contribution in [2.75, 3.05) is 7.11 Å². The number of methoxy groups -OCH3 is 1. The van der Waals surface area contributed by atoms with Gasteiger partial charge < -0.3 is 14.8 Å². The summed E-state index contributed by atoms with van der Waals surface area (Å²) >= 11 is 0. The highest BCUT2D eigenvalue weighted by molar-refractivity contribution is 5.77. The van der Waals surface area contributed by atoms with Gasteiger partial charge in [0.2, 0.25) is 5.91 Å². The number of carbonyl (C=O) groups excluding carboxylic acids is 1. The quantitative estimate of drug-likeness (QED) is 0.616. The first-order valence-corrected chi connectivity index (χ1v) is 9.97. The maximum Gasteiger partial charge on any atom is 0.261 e. The monoisotopic (exact) mass is 409 g/mol. The third-order valence-electron chi connectivity index (χ3n) is 4.74. The summed E-state index contributed by atoms with van der Waals surface area (Å²) in [7, 11) is 1.59. The lowest BCUT2D eigenvalue weighted by atomic mass is 10.1. The fourth-order valence-electron chi connectivity index (χ4n) is 3.19. The van der Waals surface area contributed by atoms with Crippen LogP contribution in [-0.4, -0.2) is 28.7 Å². The number of rotatable bonds is 8. The van der Waals surface area contributed by atoms with Gasteiger partial charge in [-0.1, -0.05) is 18.2 Å². The molecule has 0 radical (unpaired) electrons. The van der Waals surface area contributed by atoms with E-state index >= 15 is 0 Å². The highest BCUT2D eigenvalue weighted by Crippen LogP contribution is 2.31. The van der Waals surface area contributed by atoms with Crippen molar-refractivity contribution in [3.63, 3.8) is 0 Å². The number of hydrogen-bond acceptors (Lipinski definition) is 5. The molecule has 1 amide bonds. The van der Waals surface area contributed by atoms with Gasteiger partial charge in [0.05, 0.1) is 36.5 Å². The summed E-state index contributed by atoms with van der Waals surface area (Å²) in [5, 5.41) is 3.51. The molecule has 1 unspecified atom stereocenters. The minimum atomic E-state index is -0.217. The topological polar surface area (TPSA) is 82.5 Å². The fourth-order valence-corrected chi connectivity index (χ4v) is 3.19. The van der Waals surface area contributed by atoms with Gasteiger partial charge in [-0.3, -0.25) is 14.2 Å². The third kappa shape index (κ3) is 4.97. The number of amides is 1. The average Bonchev–Trinajstić information content (AvgIpc) is 2.73. The van der Waals surface area contributed by atoms with Crippen LogP contribution in [0.1, 0.15) is 38.8 Å². The molecule has 2 aromatic carbocycles. The lowest BCUT2D eigenvalue weighted by Gasteiger charge is -2.18. The second-order valence-electron chi connectivity index (χ2n) is 7.38. The van der Waals surface area contributed by atoms with Crippen molar-refractivity contribution in [1.82, 2.24) is 14.9 Å². The largest absolute Gasteiger partial charge is 0.493 e. The summed E-state index contributed by atoms with van der Waals surface area (Å²) in [6, 6.07) is 12.6. The summed E-state index contributed by atoms with van der Waals surface area (Å²) in [6.45, 7) is 6.07. The summed E-state index contributed by atoms with van der Waals surface area (Å²) < 4.78 is 12.6. The number of nitrogens with zero attached hydrogens (tertiary/aromatic N) is 2. The molecule has 30 heavy (non-hydrogen) atoms. The van der Waals surface area contributed by atoms with Gasteiger partial charge in [0.1, 0.15) is 0 Å². The molecule has 1 heterocycles. The standard InChI is InChI=1S/C23H27N3O4/c1-15(2)30-20-10-9-17(13-21(20)29-4)16(3)25-22(27)11-12-26-14-24-19-8-6-5-7-18(19)23(26)28/h5-10,13-16H,11-12H2,1-4H3,(H,25,27). The normalized spacial score (nSPS) is 12.0. The van der Waals surface area contributed by atoms with Crippen LogP contribution in [0, 0.1) is 0 Å². The Morgan fingerprint density at radius 1 is 1.13 bits per heavy atom. The van der Waals surface area contributed by atoms with E-state index in [2.05, 4.69) is 10.3 Å². The second kappa shape index (κ2) is 9.43. The van der Waals surface area contributed by atoms with Crippen molar-refractivity contribution < 1.29 is 14.3 Å². The molecular formula is C23H27N3O4. The molecule has 1 atom stereocenters. The molecule has 1 aromatic heterocycles. The van der Waals surface area contributed by atoms with Crippen LogP contribution in [0.3, 0.4) is 0 Å². The van der Waals surface area contributed by atoms with Crippen LogP contribution < -0.4 is 20.3 Å². The van der Waals surface area contributed by atoms with E-state index in [9.17, 15) is 9.59 Å². The highest BCUT2D eigenvalue weighted by Gasteiger charge is 2.14. The highest BCUT2D eigenvalue weighted by atomic mass is 16.5. The zero-order valence-corrected chi connectivity index (χ0v) is 17.7. The smallest absolute Gasteiger partial charge is 0.261 e. The number of nitrogens with one attached hydrogen (secondary N) is 1. The lowest BCUT2D eigenvalue weighted by Crippen LogP contribution is -2.29. The Balaban J connectivity index is 1.64. The van der Waals surface area contributed by atoms with E-state index in [-0.39, 0.29) is 36.6 Å². The minimum Gasteiger partial charge on any atom is -0.493 e. The molecule has 0 aliphatic rings. The van der Waals surface area contributed by atoms with Crippen molar-refractivity contribution in [1.29, 1.82) is 0 Å². The van der Waals surface area contributed by atoms with Crippen LogP contribution in [0.4, 0.5) is 0 Å². The SMILES string of the molecule is COc1cc(C(C)NC(=O)CCn2cnc3ccccc3c2=O)ccc1OC(C)C. The Hall–Kier alpha value is -3.35. The number of para-hydroxylation sites is 1. The van der Waals surface area contributed by atoms with Crippen LogP contribution >= 0.6 is 0 Å². The van der Waals surface area contributed by atoms with E-state index in [1.807, 2.05) is 45.0 Å². The van der Waals surface area contributed by atoms with Crippen molar-refractivity contribution in [3.05, 3.63) is 64.7 Å². The molecular weight excluding hydrogens is 382 g/mol. The predicted molar refractivity (Wildman–Crippen MR) is 116 cm³/mol. The van der Waals surface area contributed by atoms with Gasteiger partial charge in [-0.2, -0.15) is 0 Å². The Morgan fingerprint density at radius 2 is 1.90 bits per heavy atom.